The molecule has 1 amide bonds. The van der Waals surface area contributed by atoms with Crippen molar-refractivity contribution in [1.82, 2.24) is 15.3 Å². The zero-order valence-corrected chi connectivity index (χ0v) is 12.7. The molecule has 0 aliphatic carbocycles. The van der Waals surface area contributed by atoms with E-state index < -0.39 is 23.4 Å². The van der Waals surface area contributed by atoms with Crippen LogP contribution >= 0.6 is 0 Å². The van der Waals surface area contributed by atoms with Crippen LogP contribution in [0.4, 0.5) is 0 Å². The second-order valence-corrected chi connectivity index (χ2v) is 4.98. The van der Waals surface area contributed by atoms with E-state index in [0.717, 1.165) is 0 Å². The Balaban J connectivity index is 1.94. The van der Waals surface area contributed by atoms with Crippen LogP contribution in [0, 0.1) is 11.3 Å². The molecule has 8 nitrogen and oxygen atoms in total. The highest BCUT2D eigenvalue weighted by atomic mass is 16.4. The molecule has 8 heteroatoms. The van der Waals surface area contributed by atoms with Crippen molar-refractivity contribution in [1.29, 1.82) is 5.41 Å². The topological polar surface area (TPSA) is 136 Å². The molecule has 1 atom stereocenters. The number of aliphatic carboxylic acids is 1. The molecule has 2 aromatic rings. The van der Waals surface area contributed by atoms with Crippen LogP contribution in [0.25, 0.3) is 0 Å². The highest BCUT2D eigenvalue weighted by molar-refractivity contribution is 6.47. The summed E-state index contributed by atoms with van der Waals surface area (Å²) >= 11 is 0. The van der Waals surface area contributed by atoms with Gasteiger partial charge < -0.3 is 20.8 Å². The maximum atomic E-state index is 12.0. The van der Waals surface area contributed by atoms with Gasteiger partial charge in [-0.15, -0.1) is 0 Å². The molecule has 0 bridgehead atoms. The van der Waals surface area contributed by atoms with Gasteiger partial charge in [0.25, 0.3) is 5.91 Å². The average Bonchev–Trinajstić information content (AvgIpc) is 3.12. The van der Waals surface area contributed by atoms with Crippen LogP contribution in [-0.4, -0.2) is 45.0 Å². The fourth-order valence-corrected chi connectivity index (χ4v) is 2.09. The van der Waals surface area contributed by atoms with Gasteiger partial charge in [-0.05, 0) is 18.6 Å². The Labute approximate surface area is 137 Å². The van der Waals surface area contributed by atoms with Gasteiger partial charge >= 0.3 is 5.97 Å². The largest absolute Gasteiger partial charge is 0.481 e. The van der Waals surface area contributed by atoms with Gasteiger partial charge in [0, 0.05) is 24.5 Å². The number of carbonyl (C=O) groups is 3. The minimum atomic E-state index is -1.32. The van der Waals surface area contributed by atoms with Gasteiger partial charge in [0.1, 0.15) is 5.92 Å². The molecule has 0 aliphatic rings. The highest BCUT2D eigenvalue weighted by Crippen LogP contribution is 2.09. The Morgan fingerprint density at radius 2 is 1.96 bits per heavy atom. The van der Waals surface area contributed by atoms with E-state index in [0.29, 0.717) is 5.56 Å². The number of hydrogen-bond acceptors (Lipinski definition) is 5. The Morgan fingerprint density at radius 3 is 2.54 bits per heavy atom. The van der Waals surface area contributed by atoms with Gasteiger partial charge in [0.2, 0.25) is 5.78 Å². The summed E-state index contributed by atoms with van der Waals surface area (Å²) in [6, 6.07) is 8.47. The summed E-state index contributed by atoms with van der Waals surface area (Å²) in [6.45, 7) is 0.0263. The van der Waals surface area contributed by atoms with E-state index in [1.807, 2.05) is 0 Å². The van der Waals surface area contributed by atoms with E-state index in [-0.39, 0.29) is 24.7 Å². The zero-order chi connectivity index (χ0) is 17.5. The number of aromatic amines is 1. The summed E-state index contributed by atoms with van der Waals surface area (Å²) in [4.78, 5) is 41.5. The monoisotopic (exact) mass is 328 g/mol. The number of Topliss-reactive ketones (excluding diaryl/α,β-unsaturated/α-hetero) is 1. The summed E-state index contributed by atoms with van der Waals surface area (Å²) in [5.74, 6) is -3.82. The number of carbonyl (C=O) groups excluding carboxylic acids is 2. The number of nitrogens with one attached hydrogen (secondary N) is 3. The van der Waals surface area contributed by atoms with Gasteiger partial charge in [-0.3, -0.25) is 14.4 Å². The Hall–Kier alpha value is -3.29. The molecule has 1 aromatic carbocycles. The van der Waals surface area contributed by atoms with Crippen LogP contribution in [-0.2, 0) is 4.79 Å². The molecule has 24 heavy (non-hydrogen) atoms. The summed E-state index contributed by atoms with van der Waals surface area (Å²) in [7, 11) is 0. The van der Waals surface area contributed by atoms with Crippen molar-refractivity contribution in [3.63, 3.8) is 0 Å². The first-order valence-corrected chi connectivity index (χ1v) is 7.19. The maximum Gasteiger partial charge on any atom is 0.312 e. The summed E-state index contributed by atoms with van der Waals surface area (Å²) in [5.41, 5.74) is -0.127. The average molecular weight is 328 g/mol. The molecule has 0 saturated heterocycles. The number of amides is 1. The van der Waals surface area contributed by atoms with Crippen LogP contribution in [0.5, 0.6) is 0 Å². The van der Waals surface area contributed by atoms with Crippen LogP contribution in [0.2, 0.25) is 0 Å². The molecule has 124 valence electrons. The quantitative estimate of drug-likeness (QED) is 0.425. The summed E-state index contributed by atoms with van der Waals surface area (Å²) < 4.78 is 0. The van der Waals surface area contributed by atoms with Gasteiger partial charge in [-0.1, -0.05) is 18.2 Å². The number of H-pyrrole nitrogens is 1. The van der Waals surface area contributed by atoms with Gasteiger partial charge in [0.05, 0.1) is 5.71 Å². The molecule has 0 radical (unpaired) electrons. The molecule has 1 heterocycles. The van der Waals surface area contributed by atoms with Crippen LogP contribution in [0.15, 0.2) is 42.7 Å². The van der Waals surface area contributed by atoms with E-state index in [4.69, 9.17) is 5.41 Å². The Kier molecular flexibility index (Phi) is 5.56. The zero-order valence-electron chi connectivity index (χ0n) is 12.7. The predicted molar refractivity (Wildman–Crippen MR) is 85.2 cm³/mol. The van der Waals surface area contributed by atoms with Gasteiger partial charge in [-0.25, -0.2) is 4.98 Å². The second kappa shape index (κ2) is 7.82. The normalized spacial score (nSPS) is 11.5. The first kappa shape index (κ1) is 17.1. The van der Waals surface area contributed by atoms with E-state index in [2.05, 4.69) is 15.3 Å². The molecule has 0 fully saturated rings. The fraction of sp³-hybridized carbons (Fsp3) is 0.188. The lowest BCUT2D eigenvalue weighted by Gasteiger charge is -2.13. The number of carboxylic acid groups (broad SMARTS) is 1. The lowest BCUT2D eigenvalue weighted by molar-refractivity contribution is -0.139. The number of ketones is 1. The molecular formula is C16H16N4O4. The van der Waals surface area contributed by atoms with Crippen molar-refractivity contribution in [3.8, 4) is 0 Å². The van der Waals surface area contributed by atoms with Crippen molar-refractivity contribution >= 4 is 23.4 Å². The van der Waals surface area contributed by atoms with Crippen molar-refractivity contribution in [2.24, 2.45) is 5.92 Å². The number of hydrogen-bond donors (Lipinski definition) is 4. The second-order valence-electron chi connectivity index (χ2n) is 4.98. The molecule has 2 rings (SSSR count). The molecule has 0 spiro atoms. The third-order valence-electron chi connectivity index (χ3n) is 3.36. The van der Waals surface area contributed by atoms with Crippen molar-refractivity contribution in [3.05, 3.63) is 54.1 Å². The third-order valence-corrected chi connectivity index (χ3v) is 3.36. The Morgan fingerprint density at radius 1 is 1.25 bits per heavy atom. The minimum Gasteiger partial charge on any atom is -0.481 e. The number of benzene rings is 1. The van der Waals surface area contributed by atoms with Gasteiger partial charge in [-0.2, -0.15) is 0 Å². The van der Waals surface area contributed by atoms with Gasteiger partial charge in [0.15, 0.2) is 5.82 Å². The van der Waals surface area contributed by atoms with Crippen molar-refractivity contribution < 1.29 is 19.5 Å². The molecule has 4 N–H and O–H groups in total. The number of carboxylic acids is 1. The van der Waals surface area contributed by atoms with E-state index in [1.54, 1.807) is 30.3 Å². The van der Waals surface area contributed by atoms with E-state index in [9.17, 15) is 19.5 Å². The first-order chi connectivity index (χ1) is 11.5. The predicted octanol–water partition coefficient (Wildman–Crippen LogP) is 1.13. The fourth-order valence-electron chi connectivity index (χ4n) is 2.09. The smallest absolute Gasteiger partial charge is 0.312 e. The van der Waals surface area contributed by atoms with Crippen LogP contribution < -0.4 is 5.32 Å². The van der Waals surface area contributed by atoms with Crippen LogP contribution in [0.3, 0.4) is 0 Å². The van der Waals surface area contributed by atoms with E-state index >= 15 is 0 Å². The number of nitrogens with zero attached hydrogens (tertiary/aromatic N) is 1. The van der Waals surface area contributed by atoms with E-state index in [1.165, 1.54) is 12.4 Å². The summed E-state index contributed by atoms with van der Waals surface area (Å²) in [5, 5.41) is 19.6. The minimum absolute atomic E-state index is 0.0263. The van der Waals surface area contributed by atoms with Crippen LogP contribution in [0.1, 0.15) is 27.4 Å². The standard InChI is InChI=1S/C16H16N4O4/c17-12(13(21)14-18-8-9-19-14)11(16(23)24)6-7-20-15(22)10-4-2-1-3-5-10/h1-5,8-9,11,17H,6-7H2,(H,18,19)(H,20,22)(H,23,24). The lowest BCUT2D eigenvalue weighted by Crippen LogP contribution is -2.34. The SMILES string of the molecule is N=C(C(=O)c1ncc[nH]1)C(CCNC(=O)c1ccccc1)C(=O)O. The molecule has 0 aliphatic heterocycles. The lowest BCUT2D eigenvalue weighted by atomic mass is 9.96. The third kappa shape index (κ3) is 4.13. The number of imidazole rings is 1. The highest BCUT2D eigenvalue weighted by Gasteiger charge is 2.29. The number of rotatable bonds is 8. The van der Waals surface area contributed by atoms with Crippen molar-refractivity contribution in [2.45, 2.75) is 6.42 Å². The summed E-state index contributed by atoms with van der Waals surface area (Å²) in [6.07, 6.45) is 2.69. The number of aromatic nitrogens is 2. The van der Waals surface area contributed by atoms with Crippen molar-refractivity contribution in [2.75, 3.05) is 6.54 Å². The molecular weight excluding hydrogens is 312 g/mol. The molecule has 1 aromatic heterocycles. The molecule has 1 unspecified atom stereocenters. The first-order valence-electron chi connectivity index (χ1n) is 7.19. The molecule has 0 saturated carbocycles. The Bertz CT molecular complexity index is 741. The maximum absolute atomic E-state index is 12.0.